The van der Waals surface area contributed by atoms with E-state index in [4.69, 9.17) is 0 Å². The predicted octanol–water partition coefficient (Wildman–Crippen LogP) is 3.04. The van der Waals surface area contributed by atoms with Crippen molar-refractivity contribution in [1.82, 2.24) is 5.32 Å². The molecule has 25 heavy (non-hydrogen) atoms. The van der Waals surface area contributed by atoms with Gasteiger partial charge in [0.2, 0.25) is 5.91 Å². The lowest BCUT2D eigenvalue weighted by atomic mass is 9.87. The maximum Gasteiger partial charge on any atom is 0.265 e. The Kier molecular flexibility index (Phi) is 3.95. The van der Waals surface area contributed by atoms with Crippen molar-refractivity contribution in [2.75, 3.05) is 10.8 Å². The van der Waals surface area contributed by atoms with Crippen LogP contribution >= 0.6 is 0 Å². The van der Waals surface area contributed by atoms with Crippen LogP contribution in [0.15, 0.2) is 41.3 Å². The van der Waals surface area contributed by atoms with E-state index in [9.17, 15) is 13.2 Å². The molecular weight excluding hydrogens is 336 g/mol. The third kappa shape index (κ3) is 2.78. The van der Waals surface area contributed by atoms with Crippen LogP contribution in [0.1, 0.15) is 32.6 Å². The molecule has 5 nitrogen and oxygen atoms in total. The highest BCUT2D eigenvalue weighted by molar-refractivity contribution is 7.93. The molecule has 1 N–H and O–H groups in total. The first-order valence-electron chi connectivity index (χ1n) is 8.80. The van der Waals surface area contributed by atoms with E-state index < -0.39 is 10.0 Å². The number of hydrogen-bond acceptors (Lipinski definition) is 3. The van der Waals surface area contributed by atoms with Gasteiger partial charge in [-0.2, -0.15) is 0 Å². The lowest BCUT2D eigenvalue weighted by molar-refractivity contribution is -0.120. The third-order valence-electron chi connectivity index (χ3n) is 5.27. The molecule has 2 aromatic carbocycles. The van der Waals surface area contributed by atoms with Crippen LogP contribution in [0, 0.1) is 5.92 Å². The van der Waals surface area contributed by atoms with Gasteiger partial charge in [-0.25, -0.2) is 8.42 Å². The number of nitrogens with one attached hydrogen (secondary N) is 1. The van der Waals surface area contributed by atoms with Crippen LogP contribution < -0.4 is 9.62 Å². The minimum absolute atomic E-state index is 0.153. The molecule has 1 amide bonds. The summed E-state index contributed by atoms with van der Waals surface area (Å²) >= 11 is 0. The Labute approximate surface area is 148 Å². The number of rotatable bonds is 3. The summed E-state index contributed by atoms with van der Waals surface area (Å²) in [6.45, 7) is 2.03. The Balaban J connectivity index is 1.59. The van der Waals surface area contributed by atoms with E-state index in [1.807, 2.05) is 18.2 Å². The molecule has 1 saturated carbocycles. The second kappa shape index (κ2) is 6.02. The molecular formula is C19H22N2O3S. The number of nitrogens with zero attached hydrogens (tertiary/aromatic N) is 1. The highest BCUT2D eigenvalue weighted by Gasteiger charge is 2.36. The molecule has 2 atom stereocenters. The number of benzene rings is 2. The smallest absolute Gasteiger partial charge is 0.265 e. The molecule has 0 spiro atoms. The topological polar surface area (TPSA) is 66.5 Å². The zero-order chi connectivity index (χ0) is 17.6. The van der Waals surface area contributed by atoms with E-state index in [1.165, 1.54) is 10.7 Å². The number of amides is 1. The minimum Gasteiger partial charge on any atom is -0.352 e. The lowest BCUT2D eigenvalue weighted by Crippen LogP contribution is -2.44. The second-order valence-corrected chi connectivity index (χ2v) is 9.01. The van der Waals surface area contributed by atoms with E-state index in [0.717, 1.165) is 24.6 Å². The molecule has 1 aliphatic carbocycles. The van der Waals surface area contributed by atoms with Crippen LogP contribution in [0.3, 0.4) is 0 Å². The zero-order valence-electron chi connectivity index (χ0n) is 14.2. The summed E-state index contributed by atoms with van der Waals surface area (Å²) in [5.74, 6) is 0.375. The van der Waals surface area contributed by atoms with Gasteiger partial charge in [0, 0.05) is 11.4 Å². The van der Waals surface area contributed by atoms with Gasteiger partial charge in [0.15, 0.2) is 0 Å². The van der Waals surface area contributed by atoms with E-state index in [1.54, 1.807) is 18.2 Å². The van der Waals surface area contributed by atoms with Crippen LogP contribution in [-0.2, 0) is 14.8 Å². The minimum atomic E-state index is -3.67. The first-order valence-corrected chi connectivity index (χ1v) is 10.2. The summed E-state index contributed by atoms with van der Waals surface area (Å²) in [4.78, 5) is 12.8. The Hall–Kier alpha value is -2.08. The van der Waals surface area contributed by atoms with Gasteiger partial charge in [0.05, 0.1) is 10.6 Å². The largest absolute Gasteiger partial charge is 0.352 e. The molecule has 6 heteroatoms. The van der Waals surface area contributed by atoms with Crippen molar-refractivity contribution in [1.29, 1.82) is 0 Å². The maximum atomic E-state index is 12.9. The van der Waals surface area contributed by atoms with Crippen molar-refractivity contribution in [2.45, 2.75) is 43.5 Å². The van der Waals surface area contributed by atoms with Crippen LogP contribution in [-0.4, -0.2) is 26.9 Å². The average molecular weight is 358 g/mol. The van der Waals surface area contributed by atoms with Crippen LogP contribution in [0.2, 0.25) is 0 Å². The molecule has 0 aromatic heterocycles. The fraction of sp³-hybridized carbons (Fsp3) is 0.421. The molecule has 1 aliphatic heterocycles. The first-order chi connectivity index (χ1) is 12.0. The van der Waals surface area contributed by atoms with Crippen LogP contribution in [0.4, 0.5) is 5.69 Å². The quantitative estimate of drug-likeness (QED) is 0.917. The number of carbonyl (C=O) groups excluding carboxylic acids is 1. The SMILES string of the molecule is CC1CCCC(NC(=O)CN2c3cccc4cccc(c34)S2(=O)=O)C1. The maximum absolute atomic E-state index is 12.9. The van der Waals surface area contributed by atoms with Crippen molar-refractivity contribution < 1.29 is 13.2 Å². The third-order valence-corrected chi connectivity index (χ3v) is 7.07. The van der Waals surface area contributed by atoms with Crippen molar-refractivity contribution in [2.24, 2.45) is 5.92 Å². The molecule has 4 rings (SSSR count). The molecule has 0 radical (unpaired) electrons. The number of carbonyl (C=O) groups is 1. The number of anilines is 1. The summed E-state index contributed by atoms with van der Waals surface area (Å²) in [6, 6.07) is 10.9. The van der Waals surface area contributed by atoms with Gasteiger partial charge in [-0.05, 0) is 36.3 Å². The van der Waals surface area contributed by atoms with Crippen molar-refractivity contribution in [3.63, 3.8) is 0 Å². The lowest BCUT2D eigenvalue weighted by Gasteiger charge is -2.28. The van der Waals surface area contributed by atoms with Gasteiger partial charge in [-0.1, -0.05) is 44.0 Å². The highest BCUT2D eigenvalue weighted by Crippen LogP contribution is 2.41. The Morgan fingerprint density at radius 1 is 1.20 bits per heavy atom. The van der Waals surface area contributed by atoms with Gasteiger partial charge in [-0.3, -0.25) is 9.10 Å². The zero-order valence-corrected chi connectivity index (χ0v) is 15.1. The Morgan fingerprint density at radius 3 is 2.72 bits per heavy atom. The molecule has 2 unspecified atom stereocenters. The standard InChI is InChI=1S/C19H22N2O3S/c1-13-5-2-8-15(11-13)20-18(22)12-21-16-9-3-6-14-7-4-10-17(19(14)16)25(21,23)24/h3-4,6-7,9-10,13,15H,2,5,8,11-12H2,1H3,(H,20,22). The van der Waals surface area contributed by atoms with Gasteiger partial charge < -0.3 is 5.32 Å². The van der Waals surface area contributed by atoms with Gasteiger partial charge in [-0.15, -0.1) is 0 Å². The second-order valence-electron chi connectivity index (χ2n) is 7.18. The van der Waals surface area contributed by atoms with E-state index >= 15 is 0 Å². The summed E-state index contributed by atoms with van der Waals surface area (Å²) in [6.07, 6.45) is 4.25. The molecule has 1 heterocycles. The summed E-state index contributed by atoms with van der Waals surface area (Å²) < 4.78 is 27.0. The van der Waals surface area contributed by atoms with E-state index in [0.29, 0.717) is 21.9 Å². The van der Waals surface area contributed by atoms with Crippen molar-refractivity contribution in [3.8, 4) is 0 Å². The number of hydrogen-bond donors (Lipinski definition) is 1. The summed E-state index contributed by atoms with van der Waals surface area (Å²) in [7, 11) is -3.67. The Morgan fingerprint density at radius 2 is 1.96 bits per heavy atom. The molecule has 0 bridgehead atoms. The van der Waals surface area contributed by atoms with Gasteiger partial charge in [0.1, 0.15) is 6.54 Å². The predicted molar refractivity (Wildman–Crippen MR) is 98.0 cm³/mol. The monoisotopic (exact) mass is 358 g/mol. The summed E-state index contributed by atoms with van der Waals surface area (Å²) in [5, 5.41) is 4.62. The molecule has 132 valence electrons. The molecule has 2 aromatic rings. The van der Waals surface area contributed by atoms with Crippen LogP contribution in [0.5, 0.6) is 0 Å². The van der Waals surface area contributed by atoms with Gasteiger partial charge in [0.25, 0.3) is 10.0 Å². The number of sulfonamides is 1. The Bertz CT molecular complexity index is 934. The van der Waals surface area contributed by atoms with Crippen molar-refractivity contribution >= 4 is 32.4 Å². The fourth-order valence-electron chi connectivity index (χ4n) is 4.10. The average Bonchev–Trinajstić information content (AvgIpc) is 2.78. The normalized spacial score (nSPS) is 24.4. The van der Waals surface area contributed by atoms with Crippen molar-refractivity contribution in [3.05, 3.63) is 36.4 Å². The van der Waals surface area contributed by atoms with Crippen LogP contribution in [0.25, 0.3) is 10.8 Å². The van der Waals surface area contributed by atoms with Gasteiger partial charge >= 0.3 is 0 Å². The first kappa shape index (κ1) is 16.4. The summed E-state index contributed by atoms with van der Waals surface area (Å²) in [5.41, 5.74) is 0.597. The highest BCUT2D eigenvalue weighted by atomic mass is 32.2. The van der Waals surface area contributed by atoms with E-state index in [-0.39, 0.29) is 18.5 Å². The van der Waals surface area contributed by atoms with E-state index in [2.05, 4.69) is 12.2 Å². The molecule has 0 saturated heterocycles. The fourth-order valence-corrected chi connectivity index (χ4v) is 5.76. The molecule has 1 fully saturated rings. The molecule has 2 aliphatic rings.